The Morgan fingerprint density at radius 3 is 1.64 bits per heavy atom. The highest BCUT2D eigenvalue weighted by Gasteiger charge is 2.61. The predicted molar refractivity (Wildman–Crippen MR) is 31.7 cm³/mol. The highest BCUT2D eigenvalue weighted by atomic mass is 19.4. The zero-order valence-electron chi connectivity index (χ0n) is 6.79. The molecule has 0 rings (SSSR count). The first-order chi connectivity index (χ1) is 6.09. The maximum Gasteiger partial charge on any atom is 0.442 e. The van der Waals surface area contributed by atoms with Gasteiger partial charge in [-0.05, 0) is 0 Å². The molecule has 0 fully saturated rings. The van der Waals surface area contributed by atoms with E-state index in [2.05, 4.69) is 4.74 Å². The normalized spacial score (nSPS) is 13.1. The number of alkyl halides is 6. The van der Waals surface area contributed by atoms with Crippen LogP contribution in [0.15, 0.2) is 0 Å². The van der Waals surface area contributed by atoms with Crippen LogP contribution in [0, 0.1) is 6.10 Å². The Labute approximate surface area is 74.8 Å². The average molecular weight is 223 g/mol. The molecular formula is C6H5F6O2. The topological polar surface area (TPSA) is 26.3 Å². The fourth-order valence-electron chi connectivity index (χ4n) is 0.462. The van der Waals surface area contributed by atoms with Gasteiger partial charge in [-0.1, -0.05) is 6.92 Å². The fourth-order valence-corrected chi connectivity index (χ4v) is 0.462. The monoisotopic (exact) mass is 223 g/mol. The lowest BCUT2D eigenvalue weighted by molar-refractivity contribution is -0.259. The summed E-state index contributed by atoms with van der Waals surface area (Å²) in [4.78, 5) is 10.3. The Morgan fingerprint density at radius 2 is 1.43 bits per heavy atom. The SMILES string of the molecule is CCC(=O)O[C](C(F)(F)F)C(F)(F)F. The fraction of sp³-hybridized carbons (Fsp3) is 0.667. The summed E-state index contributed by atoms with van der Waals surface area (Å²) in [6, 6.07) is 0. The highest BCUT2D eigenvalue weighted by molar-refractivity contribution is 5.70. The number of rotatable bonds is 2. The van der Waals surface area contributed by atoms with Crippen LogP contribution in [-0.4, -0.2) is 18.3 Å². The molecule has 0 spiro atoms. The lowest BCUT2D eigenvalue weighted by atomic mass is 10.3. The second-order valence-corrected chi connectivity index (χ2v) is 2.15. The average Bonchev–Trinajstić information content (AvgIpc) is 1.95. The maximum absolute atomic E-state index is 11.7. The van der Waals surface area contributed by atoms with Gasteiger partial charge in [-0.3, -0.25) is 4.79 Å². The Balaban J connectivity index is 4.68. The smallest absolute Gasteiger partial charge is 0.435 e. The van der Waals surface area contributed by atoms with E-state index in [1.807, 2.05) is 0 Å². The third-order valence-electron chi connectivity index (χ3n) is 1.02. The molecule has 83 valence electrons. The summed E-state index contributed by atoms with van der Waals surface area (Å²) in [5.41, 5.74) is 0. The second kappa shape index (κ2) is 4.05. The highest BCUT2D eigenvalue weighted by Crippen LogP contribution is 2.41. The summed E-state index contributed by atoms with van der Waals surface area (Å²) in [6.07, 6.45) is -15.2. The molecule has 14 heavy (non-hydrogen) atoms. The van der Waals surface area contributed by atoms with Crippen LogP contribution in [0.3, 0.4) is 0 Å². The van der Waals surface area contributed by atoms with Crippen molar-refractivity contribution in [2.24, 2.45) is 0 Å². The molecular weight excluding hydrogens is 218 g/mol. The van der Waals surface area contributed by atoms with Crippen LogP contribution in [0.2, 0.25) is 0 Å². The first-order valence-corrected chi connectivity index (χ1v) is 3.31. The van der Waals surface area contributed by atoms with Gasteiger partial charge in [-0.2, -0.15) is 26.3 Å². The molecule has 0 N–H and O–H groups in total. The Kier molecular flexibility index (Phi) is 3.78. The van der Waals surface area contributed by atoms with Crippen molar-refractivity contribution in [3.63, 3.8) is 0 Å². The third kappa shape index (κ3) is 3.84. The van der Waals surface area contributed by atoms with Crippen molar-refractivity contribution < 1.29 is 35.9 Å². The predicted octanol–water partition coefficient (Wildman–Crippen LogP) is 2.60. The van der Waals surface area contributed by atoms with Crippen LogP contribution in [-0.2, 0) is 9.53 Å². The van der Waals surface area contributed by atoms with E-state index in [4.69, 9.17) is 0 Å². The number of carbonyl (C=O) groups excluding carboxylic acids is 1. The third-order valence-corrected chi connectivity index (χ3v) is 1.02. The van der Waals surface area contributed by atoms with E-state index in [0.717, 1.165) is 6.92 Å². The van der Waals surface area contributed by atoms with Crippen molar-refractivity contribution in [2.45, 2.75) is 25.7 Å². The van der Waals surface area contributed by atoms with Crippen LogP contribution in [0.5, 0.6) is 0 Å². The molecule has 0 atom stereocenters. The van der Waals surface area contributed by atoms with E-state index in [0.29, 0.717) is 0 Å². The lowest BCUT2D eigenvalue weighted by Crippen LogP contribution is -2.37. The minimum absolute atomic E-state index is 0.574. The van der Waals surface area contributed by atoms with Gasteiger partial charge in [0.15, 0.2) is 0 Å². The van der Waals surface area contributed by atoms with Crippen LogP contribution in [0.1, 0.15) is 13.3 Å². The van der Waals surface area contributed by atoms with Crippen molar-refractivity contribution in [1.29, 1.82) is 0 Å². The van der Waals surface area contributed by atoms with Gasteiger partial charge in [0, 0.05) is 6.42 Å². The van der Waals surface area contributed by atoms with E-state index in [9.17, 15) is 31.1 Å². The summed E-state index contributed by atoms with van der Waals surface area (Å²) in [5, 5.41) is 0. The van der Waals surface area contributed by atoms with Gasteiger partial charge in [-0.25, -0.2) is 0 Å². The van der Waals surface area contributed by atoms with Gasteiger partial charge in [0.25, 0.3) is 0 Å². The lowest BCUT2D eigenvalue weighted by Gasteiger charge is -2.20. The van der Waals surface area contributed by atoms with Crippen LogP contribution in [0.25, 0.3) is 0 Å². The van der Waals surface area contributed by atoms with E-state index >= 15 is 0 Å². The molecule has 0 aromatic rings. The van der Waals surface area contributed by atoms with Gasteiger partial charge in [0.05, 0.1) is 0 Å². The zero-order chi connectivity index (χ0) is 11.6. The summed E-state index contributed by atoms with van der Waals surface area (Å²) in [6.45, 7) is 1.08. The van der Waals surface area contributed by atoms with Gasteiger partial charge >= 0.3 is 24.4 Å². The summed E-state index contributed by atoms with van der Waals surface area (Å²) < 4.78 is 73.2. The Morgan fingerprint density at radius 1 is 1.07 bits per heavy atom. The molecule has 0 heterocycles. The zero-order valence-corrected chi connectivity index (χ0v) is 6.79. The standard InChI is InChI=1S/C6H5F6O2/c1-2-3(13)14-4(5(7,8)9)6(10,11)12/h2H2,1H3. The van der Waals surface area contributed by atoms with Crippen molar-refractivity contribution in [2.75, 3.05) is 0 Å². The summed E-state index contributed by atoms with van der Waals surface area (Å²) in [7, 11) is 0. The van der Waals surface area contributed by atoms with Crippen molar-refractivity contribution >= 4 is 5.97 Å². The van der Waals surface area contributed by atoms with E-state index in [-0.39, 0.29) is 0 Å². The molecule has 0 unspecified atom stereocenters. The molecule has 0 aliphatic heterocycles. The van der Waals surface area contributed by atoms with Gasteiger partial charge in [0.2, 0.25) is 0 Å². The molecule has 0 aromatic carbocycles. The summed E-state index contributed by atoms with van der Waals surface area (Å²) >= 11 is 0. The van der Waals surface area contributed by atoms with E-state index in [1.165, 1.54) is 0 Å². The number of hydrogen-bond acceptors (Lipinski definition) is 2. The van der Waals surface area contributed by atoms with Crippen molar-refractivity contribution in [3.8, 4) is 0 Å². The largest absolute Gasteiger partial charge is 0.442 e. The molecule has 0 aliphatic carbocycles. The van der Waals surface area contributed by atoms with E-state index < -0.39 is 30.8 Å². The summed E-state index contributed by atoms with van der Waals surface area (Å²) in [5.74, 6) is -1.59. The van der Waals surface area contributed by atoms with Crippen molar-refractivity contribution in [1.82, 2.24) is 0 Å². The molecule has 1 radical (unpaired) electrons. The van der Waals surface area contributed by atoms with Crippen LogP contribution in [0.4, 0.5) is 26.3 Å². The molecule has 0 saturated carbocycles. The Bertz CT molecular complexity index is 191. The van der Waals surface area contributed by atoms with Gasteiger partial charge in [0.1, 0.15) is 0 Å². The minimum atomic E-state index is -5.72. The molecule has 0 amide bonds. The van der Waals surface area contributed by atoms with Gasteiger partial charge in [-0.15, -0.1) is 0 Å². The molecule has 0 aliphatic rings. The molecule has 8 heteroatoms. The first kappa shape index (κ1) is 13.0. The van der Waals surface area contributed by atoms with Crippen LogP contribution >= 0.6 is 0 Å². The minimum Gasteiger partial charge on any atom is -0.435 e. The molecule has 0 saturated heterocycles. The van der Waals surface area contributed by atoms with Gasteiger partial charge < -0.3 is 4.74 Å². The number of halogens is 6. The van der Waals surface area contributed by atoms with E-state index in [1.54, 1.807) is 0 Å². The van der Waals surface area contributed by atoms with Crippen molar-refractivity contribution in [3.05, 3.63) is 6.10 Å². The number of esters is 1. The second-order valence-electron chi connectivity index (χ2n) is 2.15. The quantitative estimate of drug-likeness (QED) is 0.531. The number of hydrogen-bond donors (Lipinski definition) is 0. The molecule has 0 bridgehead atoms. The first-order valence-electron chi connectivity index (χ1n) is 3.31. The molecule has 2 nitrogen and oxygen atoms in total. The number of ether oxygens (including phenoxy) is 1. The van der Waals surface area contributed by atoms with Crippen LogP contribution < -0.4 is 0 Å². The maximum atomic E-state index is 11.7. The Hall–Kier alpha value is -0.950. The molecule has 0 aromatic heterocycles. The number of carbonyl (C=O) groups is 1.